The maximum atomic E-state index is 9.70. The molecule has 1 aromatic rings. The monoisotopic (exact) mass is 235 g/mol. The van der Waals surface area contributed by atoms with E-state index in [1.807, 2.05) is 38.1 Å². The number of rotatable bonds is 7. The molecule has 3 nitrogen and oxygen atoms in total. The fourth-order valence-electron chi connectivity index (χ4n) is 1.42. The molecule has 0 radical (unpaired) electrons. The molecule has 0 aliphatic rings. The van der Waals surface area contributed by atoms with Crippen LogP contribution in [0.2, 0.25) is 0 Å². The van der Waals surface area contributed by atoms with Gasteiger partial charge >= 0.3 is 0 Å². The summed E-state index contributed by atoms with van der Waals surface area (Å²) in [7, 11) is 0. The Bertz CT molecular complexity index is 363. The second-order valence-electron chi connectivity index (χ2n) is 4.32. The first kappa shape index (κ1) is 13.7. The first-order valence-electron chi connectivity index (χ1n) is 5.81. The number of hydrogen-bond donors (Lipinski definition) is 2. The molecule has 3 heteroatoms. The molecule has 1 aromatic carbocycles. The quantitative estimate of drug-likeness (QED) is 0.709. The summed E-state index contributed by atoms with van der Waals surface area (Å²) >= 11 is 0. The van der Waals surface area contributed by atoms with Gasteiger partial charge in [0.15, 0.2) is 0 Å². The molecule has 0 bridgehead atoms. The summed E-state index contributed by atoms with van der Waals surface area (Å²) < 4.78 is 5.54. The Kier molecular flexibility index (Phi) is 5.73. The fourth-order valence-corrected chi connectivity index (χ4v) is 1.42. The Morgan fingerprint density at radius 1 is 1.47 bits per heavy atom. The van der Waals surface area contributed by atoms with E-state index in [2.05, 4.69) is 11.9 Å². The van der Waals surface area contributed by atoms with E-state index >= 15 is 0 Å². The van der Waals surface area contributed by atoms with Gasteiger partial charge in [0, 0.05) is 13.1 Å². The van der Waals surface area contributed by atoms with Crippen LogP contribution >= 0.6 is 0 Å². The van der Waals surface area contributed by atoms with Crippen LogP contribution in [0.4, 0.5) is 0 Å². The van der Waals surface area contributed by atoms with Crippen LogP contribution in [0.25, 0.3) is 0 Å². The molecule has 17 heavy (non-hydrogen) atoms. The van der Waals surface area contributed by atoms with Gasteiger partial charge in [0.25, 0.3) is 0 Å². The lowest BCUT2D eigenvalue weighted by Gasteiger charge is -2.14. The minimum atomic E-state index is -0.506. The molecule has 0 aliphatic carbocycles. The van der Waals surface area contributed by atoms with Crippen LogP contribution in [0.15, 0.2) is 36.4 Å². The minimum absolute atomic E-state index is 0.300. The van der Waals surface area contributed by atoms with Gasteiger partial charge in [-0.15, -0.1) is 0 Å². The number of benzene rings is 1. The molecule has 94 valence electrons. The Balaban J connectivity index is 2.26. The molecular weight excluding hydrogens is 214 g/mol. The fraction of sp³-hybridized carbons (Fsp3) is 0.429. The van der Waals surface area contributed by atoms with Crippen molar-refractivity contribution in [3.63, 3.8) is 0 Å². The van der Waals surface area contributed by atoms with Crippen molar-refractivity contribution >= 4 is 0 Å². The Morgan fingerprint density at radius 2 is 2.18 bits per heavy atom. The number of hydrogen-bond acceptors (Lipinski definition) is 3. The van der Waals surface area contributed by atoms with Gasteiger partial charge in [-0.1, -0.05) is 30.4 Å². The van der Waals surface area contributed by atoms with Crippen molar-refractivity contribution in [1.29, 1.82) is 0 Å². The normalized spacial score (nSPS) is 12.2. The van der Waals surface area contributed by atoms with Crippen LogP contribution in [-0.2, 0) is 0 Å². The van der Waals surface area contributed by atoms with Gasteiger partial charge in [0.2, 0.25) is 0 Å². The average molecular weight is 235 g/mol. The molecule has 1 rings (SSSR count). The van der Waals surface area contributed by atoms with E-state index in [0.717, 1.165) is 23.4 Å². The first-order valence-corrected chi connectivity index (χ1v) is 5.81. The molecule has 2 N–H and O–H groups in total. The maximum Gasteiger partial charge on any atom is 0.122 e. The molecule has 0 fully saturated rings. The van der Waals surface area contributed by atoms with Gasteiger partial charge in [0.05, 0.1) is 0 Å². The third-order valence-electron chi connectivity index (χ3n) is 2.33. The Hall–Kier alpha value is -1.32. The summed E-state index contributed by atoms with van der Waals surface area (Å²) in [5.74, 6) is 0.825. The highest BCUT2D eigenvalue weighted by molar-refractivity contribution is 5.31. The first-order chi connectivity index (χ1) is 8.09. The lowest BCUT2D eigenvalue weighted by Crippen LogP contribution is -2.32. The van der Waals surface area contributed by atoms with Crippen LogP contribution in [0.1, 0.15) is 12.5 Å². The molecule has 0 spiro atoms. The molecule has 0 saturated carbocycles. The molecule has 1 unspecified atom stereocenters. The van der Waals surface area contributed by atoms with Crippen molar-refractivity contribution in [2.24, 2.45) is 0 Å². The highest BCUT2D eigenvalue weighted by Gasteiger charge is 2.05. The van der Waals surface area contributed by atoms with Gasteiger partial charge in [0.1, 0.15) is 18.5 Å². The summed E-state index contributed by atoms with van der Waals surface area (Å²) in [6, 6.07) is 7.78. The lowest BCUT2D eigenvalue weighted by molar-refractivity contribution is 0.107. The van der Waals surface area contributed by atoms with Crippen molar-refractivity contribution < 1.29 is 9.84 Å². The zero-order valence-electron chi connectivity index (χ0n) is 10.6. The third-order valence-corrected chi connectivity index (χ3v) is 2.33. The van der Waals surface area contributed by atoms with Crippen LogP contribution in [0, 0.1) is 6.92 Å². The molecule has 0 aromatic heterocycles. The van der Waals surface area contributed by atoms with Crippen LogP contribution < -0.4 is 10.1 Å². The summed E-state index contributed by atoms with van der Waals surface area (Å²) in [4.78, 5) is 0. The van der Waals surface area contributed by atoms with Crippen LogP contribution in [0.3, 0.4) is 0 Å². The highest BCUT2D eigenvalue weighted by atomic mass is 16.5. The summed E-state index contributed by atoms with van der Waals surface area (Å²) in [6.07, 6.45) is -0.506. The van der Waals surface area contributed by atoms with E-state index in [9.17, 15) is 5.11 Å². The number of nitrogens with one attached hydrogen (secondary N) is 1. The van der Waals surface area contributed by atoms with E-state index in [1.165, 1.54) is 0 Å². The van der Waals surface area contributed by atoms with E-state index in [1.54, 1.807) is 0 Å². The summed E-state index contributed by atoms with van der Waals surface area (Å²) in [5, 5.41) is 12.8. The number of aryl methyl sites for hydroxylation is 1. The van der Waals surface area contributed by atoms with E-state index in [-0.39, 0.29) is 0 Å². The van der Waals surface area contributed by atoms with Gasteiger partial charge in [-0.2, -0.15) is 0 Å². The predicted octanol–water partition coefficient (Wildman–Crippen LogP) is 1.90. The van der Waals surface area contributed by atoms with Crippen LogP contribution in [0.5, 0.6) is 5.75 Å². The van der Waals surface area contributed by atoms with Crippen molar-refractivity contribution in [3.05, 3.63) is 42.0 Å². The highest BCUT2D eigenvalue weighted by Crippen LogP contribution is 2.16. The van der Waals surface area contributed by atoms with E-state index in [0.29, 0.717) is 13.2 Å². The van der Waals surface area contributed by atoms with Crippen molar-refractivity contribution in [2.45, 2.75) is 20.0 Å². The van der Waals surface area contributed by atoms with Gasteiger partial charge in [-0.3, -0.25) is 0 Å². The van der Waals surface area contributed by atoms with Gasteiger partial charge in [-0.05, 0) is 25.5 Å². The minimum Gasteiger partial charge on any atom is -0.491 e. The summed E-state index contributed by atoms with van der Waals surface area (Å²) in [6.45, 7) is 9.25. The van der Waals surface area contributed by atoms with Crippen LogP contribution in [-0.4, -0.2) is 30.9 Å². The van der Waals surface area contributed by atoms with Crippen molar-refractivity contribution in [2.75, 3.05) is 19.7 Å². The smallest absolute Gasteiger partial charge is 0.122 e. The number of para-hydroxylation sites is 1. The number of ether oxygens (including phenoxy) is 1. The zero-order valence-corrected chi connectivity index (χ0v) is 10.6. The second-order valence-corrected chi connectivity index (χ2v) is 4.32. The third kappa shape index (κ3) is 5.52. The zero-order chi connectivity index (χ0) is 12.7. The summed E-state index contributed by atoms with van der Waals surface area (Å²) in [5.41, 5.74) is 2.13. The molecule has 0 amide bonds. The van der Waals surface area contributed by atoms with Gasteiger partial charge in [-0.25, -0.2) is 0 Å². The number of aliphatic hydroxyl groups excluding tert-OH is 1. The van der Waals surface area contributed by atoms with Crippen molar-refractivity contribution in [1.82, 2.24) is 5.32 Å². The Morgan fingerprint density at radius 3 is 2.82 bits per heavy atom. The number of aliphatic hydroxyl groups is 1. The Labute approximate surface area is 103 Å². The van der Waals surface area contributed by atoms with Gasteiger partial charge < -0.3 is 15.2 Å². The molecular formula is C14H21NO2. The predicted molar refractivity (Wildman–Crippen MR) is 70.4 cm³/mol. The molecule has 0 aliphatic heterocycles. The lowest BCUT2D eigenvalue weighted by atomic mass is 10.2. The molecule has 0 heterocycles. The SMILES string of the molecule is C=C(C)CNCC(O)COc1ccccc1C. The average Bonchev–Trinajstić information content (AvgIpc) is 2.27. The second kappa shape index (κ2) is 7.09. The van der Waals surface area contributed by atoms with Crippen molar-refractivity contribution in [3.8, 4) is 5.75 Å². The standard InChI is InChI=1S/C14H21NO2/c1-11(2)8-15-9-13(16)10-17-14-7-5-4-6-12(14)3/h4-7,13,15-16H,1,8-10H2,2-3H3. The molecule has 0 saturated heterocycles. The maximum absolute atomic E-state index is 9.70. The topological polar surface area (TPSA) is 41.5 Å². The van der Waals surface area contributed by atoms with E-state index in [4.69, 9.17) is 4.74 Å². The molecule has 1 atom stereocenters. The largest absolute Gasteiger partial charge is 0.491 e. The van der Waals surface area contributed by atoms with E-state index < -0.39 is 6.10 Å².